The molecule has 0 saturated carbocycles. The highest BCUT2D eigenvalue weighted by atomic mass is 79.9. The van der Waals surface area contributed by atoms with Crippen LogP contribution in [-0.4, -0.2) is 11.2 Å². The van der Waals surface area contributed by atoms with Gasteiger partial charge in [0.15, 0.2) is 11.6 Å². The standard InChI is InChI=1S/C14H14BrFN2O2/c15-10-2-4-12(16)13(8-10)20-7-1-6-18-9-11(17)3-5-14(18)19/h2-5,8-9H,1,6-7,17H2. The molecule has 0 aliphatic heterocycles. The van der Waals surface area contributed by atoms with Gasteiger partial charge in [0, 0.05) is 29.0 Å². The summed E-state index contributed by atoms with van der Waals surface area (Å²) in [5, 5.41) is 0. The first-order valence-electron chi connectivity index (χ1n) is 6.10. The summed E-state index contributed by atoms with van der Waals surface area (Å²) in [4.78, 5) is 11.5. The lowest BCUT2D eigenvalue weighted by molar-refractivity contribution is 0.287. The molecule has 0 saturated heterocycles. The quantitative estimate of drug-likeness (QED) is 0.851. The predicted octanol–water partition coefficient (Wildman–Crippen LogP) is 2.80. The van der Waals surface area contributed by atoms with Gasteiger partial charge in [-0.15, -0.1) is 0 Å². The fourth-order valence-corrected chi connectivity index (χ4v) is 2.07. The summed E-state index contributed by atoms with van der Waals surface area (Å²) in [6.45, 7) is 0.786. The van der Waals surface area contributed by atoms with Crippen molar-refractivity contribution in [2.75, 3.05) is 12.3 Å². The van der Waals surface area contributed by atoms with Gasteiger partial charge in [0.05, 0.1) is 6.61 Å². The predicted molar refractivity (Wildman–Crippen MR) is 79.3 cm³/mol. The smallest absolute Gasteiger partial charge is 0.250 e. The summed E-state index contributed by atoms with van der Waals surface area (Å²) in [6, 6.07) is 7.49. The number of nitrogens with zero attached hydrogens (tertiary/aromatic N) is 1. The van der Waals surface area contributed by atoms with Gasteiger partial charge in [-0.3, -0.25) is 4.79 Å². The number of nitrogens with two attached hydrogens (primary N) is 1. The minimum absolute atomic E-state index is 0.118. The third kappa shape index (κ3) is 3.84. The van der Waals surface area contributed by atoms with Crippen LogP contribution in [0, 0.1) is 5.82 Å². The lowest BCUT2D eigenvalue weighted by Gasteiger charge is -2.09. The Kier molecular flexibility index (Phi) is 4.79. The molecule has 0 aliphatic carbocycles. The van der Waals surface area contributed by atoms with Gasteiger partial charge >= 0.3 is 0 Å². The van der Waals surface area contributed by atoms with E-state index < -0.39 is 5.82 Å². The van der Waals surface area contributed by atoms with Gasteiger partial charge in [0.1, 0.15) is 0 Å². The Morgan fingerprint density at radius 2 is 2.10 bits per heavy atom. The zero-order valence-corrected chi connectivity index (χ0v) is 12.3. The minimum atomic E-state index is -0.408. The fraction of sp³-hybridized carbons (Fsp3) is 0.214. The minimum Gasteiger partial charge on any atom is -0.490 e. The summed E-state index contributed by atoms with van der Waals surface area (Å²) < 4.78 is 21.0. The van der Waals surface area contributed by atoms with E-state index in [9.17, 15) is 9.18 Å². The molecule has 1 aromatic heterocycles. The van der Waals surface area contributed by atoms with Crippen LogP contribution < -0.4 is 16.0 Å². The average Bonchev–Trinajstić information content (AvgIpc) is 2.42. The highest BCUT2D eigenvalue weighted by Crippen LogP contribution is 2.22. The molecular formula is C14H14BrFN2O2. The van der Waals surface area contributed by atoms with E-state index in [1.807, 2.05) is 0 Å². The van der Waals surface area contributed by atoms with Gasteiger partial charge in [0.25, 0.3) is 5.56 Å². The average molecular weight is 341 g/mol. The van der Waals surface area contributed by atoms with E-state index in [0.717, 1.165) is 4.47 Å². The lowest BCUT2D eigenvalue weighted by atomic mass is 10.3. The van der Waals surface area contributed by atoms with Gasteiger partial charge in [-0.05, 0) is 30.7 Å². The molecule has 6 heteroatoms. The summed E-state index contributed by atoms with van der Waals surface area (Å²) in [5.41, 5.74) is 6.03. The molecule has 2 N–H and O–H groups in total. The molecule has 0 amide bonds. The van der Waals surface area contributed by atoms with Crippen molar-refractivity contribution >= 4 is 21.6 Å². The number of hydrogen-bond donors (Lipinski definition) is 1. The van der Waals surface area contributed by atoms with Crippen molar-refractivity contribution in [3.63, 3.8) is 0 Å². The van der Waals surface area contributed by atoms with Crippen LogP contribution in [0.1, 0.15) is 6.42 Å². The van der Waals surface area contributed by atoms with Crippen molar-refractivity contribution in [3.05, 3.63) is 57.2 Å². The number of hydrogen-bond acceptors (Lipinski definition) is 3. The Morgan fingerprint density at radius 3 is 2.90 bits per heavy atom. The first kappa shape index (κ1) is 14.6. The molecule has 1 heterocycles. The van der Waals surface area contributed by atoms with Crippen LogP contribution in [0.3, 0.4) is 0 Å². The number of ether oxygens (including phenoxy) is 1. The van der Waals surface area contributed by atoms with E-state index in [1.165, 1.54) is 16.7 Å². The van der Waals surface area contributed by atoms with Crippen molar-refractivity contribution in [2.45, 2.75) is 13.0 Å². The van der Waals surface area contributed by atoms with Crippen molar-refractivity contribution in [1.82, 2.24) is 4.57 Å². The lowest BCUT2D eigenvalue weighted by Crippen LogP contribution is -2.20. The number of rotatable bonds is 5. The molecule has 0 unspecified atom stereocenters. The first-order chi connectivity index (χ1) is 9.56. The van der Waals surface area contributed by atoms with E-state index in [-0.39, 0.29) is 11.3 Å². The van der Waals surface area contributed by atoms with E-state index in [1.54, 1.807) is 24.4 Å². The van der Waals surface area contributed by atoms with Crippen LogP contribution in [0.15, 0.2) is 45.8 Å². The number of anilines is 1. The molecule has 2 aromatic rings. The van der Waals surface area contributed by atoms with Gasteiger partial charge in [0.2, 0.25) is 0 Å². The molecule has 106 valence electrons. The molecule has 0 atom stereocenters. The van der Waals surface area contributed by atoms with Crippen molar-refractivity contribution < 1.29 is 9.13 Å². The first-order valence-corrected chi connectivity index (χ1v) is 6.89. The molecule has 0 fully saturated rings. The molecule has 2 rings (SSSR count). The van der Waals surface area contributed by atoms with Gasteiger partial charge < -0.3 is 15.0 Å². The Hall–Kier alpha value is -1.82. The summed E-state index contributed by atoms with van der Waals surface area (Å²) in [6.07, 6.45) is 2.16. The maximum absolute atomic E-state index is 13.4. The number of benzene rings is 1. The monoisotopic (exact) mass is 340 g/mol. The third-order valence-corrected chi connectivity index (χ3v) is 3.19. The second-order valence-electron chi connectivity index (χ2n) is 4.27. The van der Waals surface area contributed by atoms with Crippen LogP contribution in [0.5, 0.6) is 5.75 Å². The maximum Gasteiger partial charge on any atom is 0.250 e. The molecule has 0 aliphatic rings. The van der Waals surface area contributed by atoms with Crippen molar-refractivity contribution in [1.29, 1.82) is 0 Å². The molecule has 4 nitrogen and oxygen atoms in total. The number of nitrogen functional groups attached to an aromatic ring is 1. The Labute approximate surface area is 124 Å². The summed E-state index contributed by atoms with van der Waals surface area (Å²) in [7, 11) is 0. The van der Waals surface area contributed by atoms with E-state index in [4.69, 9.17) is 10.5 Å². The summed E-state index contributed by atoms with van der Waals surface area (Å²) in [5.74, 6) is -0.214. The second kappa shape index (κ2) is 6.56. The largest absolute Gasteiger partial charge is 0.490 e. The van der Waals surface area contributed by atoms with Gasteiger partial charge in [-0.1, -0.05) is 15.9 Å². The molecule has 0 bridgehead atoms. The third-order valence-electron chi connectivity index (χ3n) is 2.70. The number of halogens is 2. The number of pyridine rings is 1. The Morgan fingerprint density at radius 1 is 1.30 bits per heavy atom. The maximum atomic E-state index is 13.4. The topological polar surface area (TPSA) is 57.2 Å². The molecule has 0 radical (unpaired) electrons. The second-order valence-corrected chi connectivity index (χ2v) is 5.19. The number of aromatic nitrogens is 1. The highest BCUT2D eigenvalue weighted by Gasteiger charge is 2.04. The van der Waals surface area contributed by atoms with Crippen LogP contribution in [0.4, 0.5) is 10.1 Å². The van der Waals surface area contributed by atoms with Crippen LogP contribution in [0.25, 0.3) is 0 Å². The van der Waals surface area contributed by atoms with E-state index in [2.05, 4.69) is 15.9 Å². The Bertz CT molecular complexity index is 658. The molecule has 1 aromatic carbocycles. The van der Waals surface area contributed by atoms with Crippen LogP contribution >= 0.6 is 15.9 Å². The van der Waals surface area contributed by atoms with Gasteiger partial charge in [-0.25, -0.2) is 4.39 Å². The zero-order chi connectivity index (χ0) is 14.5. The Balaban J connectivity index is 1.89. The van der Waals surface area contributed by atoms with Gasteiger partial charge in [-0.2, -0.15) is 0 Å². The van der Waals surface area contributed by atoms with Crippen molar-refractivity contribution in [2.24, 2.45) is 0 Å². The van der Waals surface area contributed by atoms with E-state index in [0.29, 0.717) is 25.3 Å². The fourth-order valence-electron chi connectivity index (χ4n) is 1.73. The molecular weight excluding hydrogens is 327 g/mol. The molecule has 20 heavy (non-hydrogen) atoms. The van der Waals surface area contributed by atoms with Crippen LogP contribution in [-0.2, 0) is 6.54 Å². The highest BCUT2D eigenvalue weighted by molar-refractivity contribution is 9.10. The number of aryl methyl sites for hydroxylation is 1. The normalized spacial score (nSPS) is 10.5. The van der Waals surface area contributed by atoms with Crippen LogP contribution in [0.2, 0.25) is 0 Å². The molecule has 0 spiro atoms. The van der Waals surface area contributed by atoms with E-state index >= 15 is 0 Å². The SMILES string of the molecule is Nc1ccc(=O)n(CCCOc2cc(Br)ccc2F)c1. The zero-order valence-electron chi connectivity index (χ0n) is 10.7. The summed E-state index contributed by atoms with van der Waals surface area (Å²) >= 11 is 3.25. The van der Waals surface area contributed by atoms with Crippen molar-refractivity contribution in [3.8, 4) is 5.75 Å².